The van der Waals surface area contributed by atoms with Gasteiger partial charge in [0.15, 0.2) is 0 Å². The SMILES string of the molecule is O=C(O)CC(=O)C(F)(OC(F)(F)C(F)(OC(F)(F)C(F)(OC(F)(F)C(F)(F)C(F)(F)F)C(F)(F)F)C(F)(F)F)C(F)(F)F. The summed E-state index contributed by atoms with van der Waals surface area (Å²) in [5.74, 6) is -39.9. The van der Waals surface area contributed by atoms with E-state index < -0.39 is 84.7 Å². The van der Waals surface area contributed by atoms with E-state index in [1.165, 1.54) is 4.74 Å². The molecule has 0 amide bonds. The normalized spacial score (nSPS) is 19.3. The molecule has 256 valence electrons. The molecule has 1 N–H and O–H groups in total. The van der Waals surface area contributed by atoms with Crippen LogP contribution in [0.4, 0.5) is 101 Å². The summed E-state index contributed by atoms with van der Waals surface area (Å²) in [6.07, 6.45) is -61.1. The van der Waals surface area contributed by atoms with E-state index in [-0.39, 0.29) is 0 Å². The number of halogens is 23. The van der Waals surface area contributed by atoms with Gasteiger partial charge in [-0.3, -0.25) is 23.8 Å². The van der Waals surface area contributed by atoms with Crippen LogP contribution in [0, 0.1) is 0 Å². The van der Waals surface area contributed by atoms with E-state index >= 15 is 0 Å². The summed E-state index contributed by atoms with van der Waals surface area (Å²) in [6.45, 7) is 0. The average molecular weight is 704 g/mol. The number of hydrogen-bond acceptors (Lipinski definition) is 5. The summed E-state index contributed by atoms with van der Waals surface area (Å²) in [5, 5.41) is 8.10. The molecular weight excluding hydrogens is 701 g/mol. The second-order valence-electron chi connectivity index (χ2n) is 7.20. The number of carboxylic acids is 1. The Balaban J connectivity index is 7.34. The number of carbonyl (C=O) groups excluding carboxylic acids is 1. The highest BCUT2D eigenvalue weighted by Gasteiger charge is 2.88. The molecule has 0 spiro atoms. The number of aliphatic carboxylic acids is 1. The molecule has 43 heavy (non-hydrogen) atoms. The van der Waals surface area contributed by atoms with E-state index in [4.69, 9.17) is 5.11 Å². The lowest BCUT2D eigenvalue weighted by Gasteiger charge is -2.42. The summed E-state index contributed by atoms with van der Waals surface area (Å²) in [6, 6.07) is 0. The molecule has 0 aliphatic carbocycles. The van der Waals surface area contributed by atoms with Gasteiger partial charge in [0, 0.05) is 0 Å². The Kier molecular flexibility index (Phi) is 10.1. The van der Waals surface area contributed by atoms with Crippen LogP contribution in [0.3, 0.4) is 0 Å². The molecular formula is C14H3F23O6. The fourth-order valence-corrected chi connectivity index (χ4v) is 1.98. The molecule has 0 saturated carbocycles. The van der Waals surface area contributed by atoms with Gasteiger partial charge >= 0.3 is 72.5 Å². The van der Waals surface area contributed by atoms with Crippen LogP contribution in [-0.4, -0.2) is 83.4 Å². The van der Waals surface area contributed by atoms with Crippen molar-refractivity contribution in [2.45, 2.75) is 72.9 Å². The monoisotopic (exact) mass is 704 g/mol. The summed E-state index contributed by atoms with van der Waals surface area (Å²) in [4.78, 5) is 21.3. The average Bonchev–Trinajstić information content (AvgIpc) is 2.68. The minimum Gasteiger partial charge on any atom is -0.481 e. The topological polar surface area (TPSA) is 82.1 Å². The van der Waals surface area contributed by atoms with Crippen LogP contribution in [0.1, 0.15) is 6.42 Å². The second kappa shape index (κ2) is 10.8. The van der Waals surface area contributed by atoms with Crippen molar-refractivity contribution >= 4 is 11.8 Å². The molecule has 0 aromatic carbocycles. The number of carbonyl (C=O) groups is 2. The summed E-state index contributed by atoms with van der Waals surface area (Å²) >= 11 is 0. The lowest BCUT2D eigenvalue weighted by atomic mass is 10.1. The van der Waals surface area contributed by atoms with Crippen molar-refractivity contribution in [2.24, 2.45) is 0 Å². The Morgan fingerprint density at radius 2 is 0.744 bits per heavy atom. The fraction of sp³-hybridized carbons (Fsp3) is 0.857. The van der Waals surface area contributed by atoms with Crippen LogP contribution >= 0.6 is 0 Å². The Labute approximate surface area is 216 Å². The van der Waals surface area contributed by atoms with Gasteiger partial charge in [0.25, 0.3) is 0 Å². The van der Waals surface area contributed by atoms with Crippen molar-refractivity contribution in [1.29, 1.82) is 0 Å². The maximum atomic E-state index is 14.2. The first-order valence-corrected chi connectivity index (χ1v) is 8.91. The molecule has 0 heterocycles. The van der Waals surface area contributed by atoms with Gasteiger partial charge < -0.3 is 5.11 Å². The number of carboxylic acid groups (broad SMARTS) is 1. The zero-order valence-corrected chi connectivity index (χ0v) is 18.4. The van der Waals surface area contributed by atoms with Crippen molar-refractivity contribution in [3.63, 3.8) is 0 Å². The van der Waals surface area contributed by atoms with Gasteiger partial charge in [-0.2, -0.15) is 101 Å². The fourth-order valence-electron chi connectivity index (χ4n) is 1.98. The Morgan fingerprint density at radius 3 is 1.00 bits per heavy atom. The summed E-state index contributed by atoms with van der Waals surface area (Å²) < 4.78 is 305. The highest BCUT2D eigenvalue weighted by molar-refractivity contribution is 5.99. The van der Waals surface area contributed by atoms with E-state index in [2.05, 4.69) is 0 Å². The van der Waals surface area contributed by atoms with Crippen LogP contribution in [0.25, 0.3) is 0 Å². The largest absolute Gasteiger partial charge is 0.481 e. The second-order valence-corrected chi connectivity index (χ2v) is 7.20. The predicted molar refractivity (Wildman–Crippen MR) is 76.0 cm³/mol. The molecule has 0 bridgehead atoms. The standard InChI is InChI=1S/C14H3F23O6/c15-4(8(20,21)22,2(38)1-3(39)40)41-13(34,35)6(18,10(26,27)28)43-14(36,37)7(19,11(29,30)31)42-12(32,33)5(16,17)9(23,24)25/h1H2,(H,39,40). The third kappa shape index (κ3) is 7.06. The smallest absolute Gasteiger partial charge is 0.462 e. The Bertz CT molecular complexity index is 1040. The number of Topliss-reactive ketones (excluding diaryl/α,β-unsaturated/α-hetero) is 1. The highest BCUT2D eigenvalue weighted by Crippen LogP contribution is 2.59. The van der Waals surface area contributed by atoms with Gasteiger partial charge in [-0.25, -0.2) is 0 Å². The van der Waals surface area contributed by atoms with E-state index in [0.29, 0.717) is 0 Å². The van der Waals surface area contributed by atoms with Gasteiger partial charge in [0.1, 0.15) is 6.42 Å². The molecule has 3 unspecified atom stereocenters. The van der Waals surface area contributed by atoms with E-state index in [1.807, 2.05) is 0 Å². The zero-order valence-electron chi connectivity index (χ0n) is 18.4. The Morgan fingerprint density at radius 1 is 0.442 bits per heavy atom. The van der Waals surface area contributed by atoms with Gasteiger partial charge in [0.05, 0.1) is 0 Å². The minimum atomic E-state index is -8.81. The lowest BCUT2D eigenvalue weighted by molar-refractivity contribution is -0.577. The van der Waals surface area contributed by atoms with Crippen LogP contribution in [0.5, 0.6) is 0 Å². The van der Waals surface area contributed by atoms with E-state index in [1.54, 1.807) is 0 Å². The zero-order chi connectivity index (χ0) is 35.5. The van der Waals surface area contributed by atoms with Crippen molar-refractivity contribution in [1.82, 2.24) is 0 Å². The molecule has 0 radical (unpaired) electrons. The molecule has 0 aromatic rings. The first-order chi connectivity index (χ1) is 18.2. The lowest BCUT2D eigenvalue weighted by Crippen LogP contribution is -2.70. The molecule has 29 heteroatoms. The van der Waals surface area contributed by atoms with Crippen molar-refractivity contribution in [3.8, 4) is 0 Å². The first kappa shape index (κ1) is 40.4. The van der Waals surface area contributed by atoms with Gasteiger partial charge in [-0.1, -0.05) is 0 Å². The molecule has 6 nitrogen and oxygen atoms in total. The molecule has 0 aliphatic rings. The van der Waals surface area contributed by atoms with E-state index in [0.717, 1.165) is 9.47 Å². The van der Waals surface area contributed by atoms with Gasteiger partial charge in [-0.05, 0) is 0 Å². The van der Waals surface area contributed by atoms with Crippen LogP contribution in [0.2, 0.25) is 0 Å². The molecule has 0 aromatic heterocycles. The first-order valence-electron chi connectivity index (χ1n) is 8.91. The molecule has 0 rings (SSSR count). The maximum absolute atomic E-state index is 14.2. The predicted octanol–water partition coefficient (Wildman–Crippen LogP) is 6.74. The molecule has 0 saturated heterocycles. The van der Waals surface area contributed by atoms with Crippen molar-refractivity contribution in [2.75, 3.05) is 0 Å². The van der Waals surface area contributed by atoms with Gasteiger partial charge in [-0.15, -0.1) is 0 Å². The van der Waals surface area contributed by atoms with E-state index in [9.17, 15) is 111 Å². The number of hydrogen-bond donors (Lipinski definition) is 1. The Hall–Kier alpha value is -2.59. The third-order valence-electron chi connectivity index (χ3n) is 4.04. The van der Waals surface area contributed by atoms with Crippen LogP contribution in [0.15, 0.2) is 0 Å². The van der Waals surface area contributed by atoms with Crippen LogP contribution < -0.4 is 0 Å². The number of ether oxygens (including phenoxy) is 3. The summed E-state index contributed by atoms with van der Waals surface area (Å²) in [7, 11) is 0. The summed E-state index contributed by atoms with van der Waals surface area (Å²) in [5.41, 5.74) is 0. The van der Waals surface area contributed by atoms with Crippen molar-refractivity contribution in [3.05, 3.63) is 0 Å². The maximum Gasteiger partial charge on any atom is 0.462 e. The quantitative estimate of drug-likeness (QED) is 0.179. The molecule has 0 aliphatic heterocycles. The third-order valence-corrected chi connectivity index (χ3v) is 4.04. The molecule has 0 fully saturated rings. The molecule has 3 atom stereocenters. The van der Waals surface area contributed by atoms with Gasteiger partial charge in [0.2, 0.25) is 5.78 Å². The number of alkyl halides is 23. The number of ketones is 1. The van der Waals surface area contributed by atoms with Crippen LogP contribution in [-0.2, 0) is 23.8 Å². The van der Waals surface area contributed by atoms with Crippen molar-refractivity contribution < 1.29 is 130 Å². The number of rotatable bonds is 12. The minimum absolute atomic E-state index is 0.991. The highest BCUT2D eigenvalue weighted by atomic mass is 19.4.